The highest BCUT2D eigenvalue weighted by atomic mass is 32.2. The summed E-state index contributed by atoms with van der Waals surface area (Å²) < 4.78 is 10.1. The zero-order valence-corrected chi connectivity index (χ0v) is 15.5. The minimum Gasteiger partial charge on any atom is -0.497 e. The number of amides is 2. The van der Waals surface area contributed by atoms with Crippen LogP contribution in [0.3, 0.4) is 0 Å². The van der Waals surface area contributed by atoms with Crippen LogP contribution in [0, 0.1) is 0 Å². The van der Waals surface area contributed by atoms with E-state index in [0.717, 1.165) is 30.9 Å². The number of rotatable bonds is 4. The lowest BCUT2D eigenvalue weighted by molar-refractivity contribution is -0.136. The fourth-order valence-corrected chi connectivity index (χ4v) is 4.97. The Morgan fingerprint density at radius 2 is 1.80 bits per heavy atom. The molecule has 0 bridgehead atoms. The maximum atomic E-state index is 13.0. The number of likely N-dealkylation sites (tertiary alicyclic amines) is 1. The third-order valence-corrected chi connectivity index (χ3v) is 6.48. The molecular weight excluding hydrogens is 340 g/mol. The van der Waals surface area contributed by atoms with E-state index in [1.807, 2.05) is 45.8 Å². The van der Waals surface area contributed by atoms with E-state index >= 15 is 0 Å². The lowest BCUT2D eigenvalue weighted by Crippen LogP contribution is -2.54. The fraction of sp³-hybridized carbons (Fsp3) is 0.556. The second-order valence-electron chi connectivity index (χ2n) is 6.29. The maximum Gasteiger partial charge on any atom is 0.255 e. The summed E-state index contributed by atoms with van der Waals surface area (Å²) in [6.45, 7) is 2.21. The lowest BCUT2D eigenvalue weighted by atomic mass is 10.0. The molecule has 136 valence electrons. The Balaban J connectivity index is 1.70. The van der Waals surface area contributed by atoms with Crippen LogP contribution >= 0.6 is 11.8 Å². The minimum atomic E-state index is -0.194. The summed E-state index contributed by atoms with van der Waals surface area (Å²) in [5.41, 5.74) is 0.681. The second-order valence-corrected chi connectivity index (χ2v) is 7.75. The average molecular weight is 364 g/mol. The molecular formula is C18H24N2O4S. The number of benzene rings is 1. The van der Waals surface area contributed by atoms with Crippen molar-refractivity contribution in [1.82, 2.24) is 9.80 Å². The second kappa shape index (κ2) is 7.66. The third-order valence-electron chi connectivity index (χ3n) is 4.92. The van der Waals surface area contributed by atoms with Gasteiger partial charge in [0.1, 0.15) is 12.4 Å². The summed E-state index contributed by atoms with van der Waals surface area (Å²) >= 11 is 1.84. The summed E-state index contributed by atoms with van der Waals surface area (Å²) in [5.74, 6) is 1.76. The highest BCUT2D eigenvalue weighted by Crippen LogP contribution is 2.44. The van der Waals surface area contributed by atoms with E-state index < -0.39 is 0 Å². The maximum absolute atomic E-state index is 13.0. The van der Waals surface area contributed by atoms with Crippen molar-refractivity contribution in [2.24, 2.45) is 0 Å². The first-order chi connectivity index (χ1) is 12.1. The number of hydrogen-bond acceptors (Lipinski definition) is 5. The highest BCUT2D eigenvalue weighted by molar-refractivity contribution is 8.00. The summed E-state index contributed by atoms with van der Waals surface area (Å²) in [5, 5.41) is 0. The van der Waals surface area contributed by atoms with E-state index in [1.54, 1.807) is 7.11 Å². The van der Waals surface area contributed by atoms with Crippen LogP contribution in [0.25, 0.3) is 0 Å². The van der Waals surface area contributed by atoms with Gasteiger partial charge in [-0.1, -0.05) is 0 Å². The van der Waals surface area contributed by atoms with Crippen LogP contribution in [-0.4, -0.2) is 72.7 Å². The van der Waals surface area contributed by atoms with Crippen molar-refractivity contribution in [3.8, 4) is 5.75 Å². The number of ether oxygens (including phenoxy) is 2. The monoisotopic (exact) mass is 364 g/mol. The van der Waals surface area contributed by atoms with Gasteiger partial charge in [-0.25, -0.2) is 0 Å². The van der Waals surface area contributed by atoms with Crippen molar-refractivity contribution in [3.05, 3.63) is 29.8 Å². The van der Waals surface area contributed by atoms with E-state index in [2.05, 4.69) is 0 Å². The molecule has 1 spiro atoms. The fourth-order valence-electron chi connectivity index (χ4n) is 3.52. The molecule has 0 saturated carbocycles. The summed E-state index contributed by atoms with van der Waals surface area (Å²) in [6.07, 6.45) is 1.60. The molecule has 6 nitrogen and oxygen atoms in total. The molecule has 2 aliphatic heterocycles. The SMILES string of the molecule is COCC(=O)N1CCC2(CC1)SCCN2C(=O)c1ccc(OC)cc1. The number of methoxy groups -OCH3 is 2. The van der Waals surface area contributed by atoms with E-state index in [9.17, 15) is 9.59 Å². The van der Waals surface area contributed by atoms with Crippen LogP contribution in [0.2, 0.25) is 0 Å². The molecule has 1 aromatic carbocycles. The van der Waals surface area contributed by atoms with Crippen molar-refractivity contribution < 1.29 is 19.1 Å². The zero-order valence-electron chi connectivity index (χ0n) is 14.7. The van der Waals surface area contributed by atoms with Crippen LogP contribution in [-0.2, 0) is 9.53 Å². The van der Waals surface area contributed by atoms with Crippen molar-refractivity contribution in [2.45, 2.75) is 17.7 Å². The number of thioether (sulfide) groups is 1. The molecule has 25 heavy (non-hydrogen) atoms. The molecule has 3 rings (SSSR count). The van der Waals surface area contributed by atoms with Crippen molar-refractivity contribution >= 4 is 23.6 Å². The molecule has 0 radical (unpaired) electrons. The smallest absolute Gasteiger partial charge is 0.255 e. The molecule has 0 aliphatic carbocycles. The van der Waals surface area contributed by atoms with E-state index in [1.165, 1.54) is 7.11 Å². The first-order valence-electron chi connectivity index (χ1n) is 8.46. The molecule has 0 aromatic heterocycles. The Bertz CT molecular complexity index is 626. The van der Waals surface area contributed by atoms with Gasteiger partial charge < -0.3 is 19.3 Å². The zero-order chi connectivity index (χ0) is 17.9. The number of hydrogen-bond donors (Lipinski definition) is 0. The Morgan fingerprint density at radius 1 is 1.12 bits per heavy atom. The summed E-state index contributed by atoms with van der Waals surface area (Å²) in [6, 6.07) is 7.26. The number of nitrogens with zero attached hydrogens (tertiary/aromatic N) is 2. The van der Waals surface area contributed by atoms with Gasteiger partial charge in [-0.15, -0.1) is 11.8 Å². The van der Waals surface area contributed by atoms with Crippen molar-refractivity contribution in [2.75, 3.05) is 46.2 Å². The van der Waals surface area contributed by atoms with Crippen molar-refractivity contribution in [3.63, 3.8) is 0 Å². The molecule has 0 N–H and O–H groups in total. The Labute approximate surface area is 152 Å². The van der Waals surface area contributed by atoms with Gasteiger partial charge in [-0.2, -0.15) is 0 Å². The van der Waals surface area contributed by atoms with Gasteiger partial charge in [-0.05, 0) is 37.1 Å². The highest BCUT2D eigenvalue weighted by Gasteiger charge is 2.46. The largest absolute Gasteiger partial charge is 0.497 e. The number of piperidine rings is 1. The van der Waals surface area contributed by atoms with Crippen LogP contribution < -0.4 is 4.74 Å². The predicted molar refractivity (Wildman–Crippen MR) is 96.9 cm³/mol. The molecule has 2 heterocycles. The van der Waals surface area contributed by atoms with Gasteiger partial charge in [-0.3, -0.25) is 9.59 Å². The quantitative estimate of drug-likeness (QED) is 0.816. The van der Waals surface area contributed by atoms with Gasteiger partial charge in [0, 0.05) is 38.1 Å². The lowest BCUT2D eigenvalue weighted by Gasteiger charge is -2.44. The number of carbonyl (C=O) groups is 2. The average Bonchev–Trinajstić information content (AvgIpc) is 3.05. The van der Waals surface area contributed by atoms with Crippen LogP contribution in [0.15, 0.2) is 24.3 Å². The molecule has 0 unspecified atom stereocenters. The van der Waals surface area contributed by atoms with Gasteiger partial charge in [0.2, 0.25) is 5.91 Å². The summed E-state index contributed by atoms with van der Waals surface area (Å²) in [7, 11) is 3.15. The molecule has 2 fully saturated rings. The molecule has 1 aromatic rings. The molecule has 2 amide bonds. The molecule has 2 saturated heterocycles. The Morgan fingerprint density at radius 3 is 2.40 bits per heavy atom. The van der Waals surface area contributed by atoms with Crippen LogP contribution in [0.4, 0.5) is 0 Å². The van der Waals surface area contributed by atoms with Gasteiger partial charge in [0.25, 0.3) is 5.91 Å². The first kappa shape index (κ1) is 18.1. The van der Waals surface area contributed by atoms with Crippen LogP contribution in [0.5, 0.6) is 5.75 Å². The van der Waals surface area contributed by atoms with Crippen LogP contribution in [0.1, 0.15) is 23.2 Å². The van der Waals surface area contributed by atoms with E-state index in [0.29, 0.717) is 18.7 Å². The first-order valence-corrected chi connectivity index (χ1v) is 9.45. The number of carbonyl (C=O) groups excluding carboxylic acids is 2. The van der Waals surface area contributed by atoms with E-state index in [4.69, 9.17) is 9.47 Å². The van der Waals surface area contributed by atoms with Gasteiger partial charge in [0.15, 0.2) is 0 Å². The minimum absolute atomic E-state index is 0.0216. The predicted octanol–water partition coefficient (Wildman–Crippen LogP) is 1.85. The molecule has 0 atom stereocenters. The summed E-state index contributed by atoms with van der Waals surface area (Å²) in [4.78, 5) is 28.7. The van der Waals surface area contributed by atoms with Gasteiger partial charge >= 0.3 is 0 Å². The van der Waals surface area contributed by atoms with Gasteiger partial charge in [0.05, 0.1) is 12.0 Å². The normalized spacial score (nSPS) is 19.3. The molecule has 2 aliphatic rings. The topological polar surface area (TPSA) is 59.1 Å². The Hall–Kier alpha value is -1.73. The molecule has 7 heteroatoms. The Kier molecular flexibility index (Phi) is 5.54. The van der Waals surface area contributed by atoms with E-state index in [-0.39, 0.29) is 23.3 Å². The third kappa shape index (κ3) is 3.62. The van der Waals surface area contributed by atoms with Crippen molar-refractivity contribution in [1.29, 1.82) is 0 Å². The standard InChI is InChI=1S/C18H24N2O4S/c1-23-13-16(21)19-9-7-18(8-10-19)20(11-12-25-18)17(22)14-3-5-15(24-2)6-4-14/h3-6H,7-13H2,1-2H3.